The second-order valence-electron chi connectivity index (χ2n) is 22.9. The number of halogens is 2. The van der Waals surface area contributed by atoms with Crippen molar-refractivity contribution in [3.8, 4) is 33.5 Å². The first-order valence-electron chi connectivity index (χ1n) is 27.2. The van der Waals surface area contributed by atoms with Crippen molar-refractivity contribution in [2.45, 2.75) is 128 Å². The maximum atomic E-state index is 17.0. The van der Waals surface area contributed by atoms with Crippen molar-refractivity contribution in [2.75, 3.05) is 57.4 Å². The molecule has 0 spiro atoms. The average molecular weight is 1090 g/mol. The second kappa shape index (κ2) is 22.7. The Labute approximate surface area is 457 Å². The Morgan fingerprint density at radius 3 is 2.50 bits per heavy atom. The summed E-state index contributed by atoms with van der Waals surface area (Å²) in [6.07, 6.45) is 5.23. The number of nitrogens with zero attached hydrogens (tertiary/aromatic N) is 7. The molecule has 7 atom stereocenters. The van der Waals surface area contributed by atoms with Gasteiger partial charge in [-0.1, -0.05) is 57.2 Å². The summed E-state index contributed by atoms with van der Waals surface area (Å²) in [7, 11) is 0. The summed E-state index contributed by atoms with van der Waals surface area (Å²) in [5.41, 5.74) is 3.54. The summed E-state index contributed by atoms with van der Waals surface area (Å²) in [5, 5.41) is 31.9. The van der Waals surface area contributed by atoms with E-state index >= 15 is 8.78 Å². The second-order valence-corrected chi connectivity index (χ2v) is 23.7. The van der Waals surface area contributed by atoms with Gasteiger partial charge in [0.05, 0.1) is 45.8 Å². The Bertz CT molecular complexity index is 3180. The molecule has 414 valence electrons. The molecule has 2 bridgehead atoms. The number of β-amino-alcohol motifs (C(OH)–C–C–N with tert-alkyl or cyclic N) is 1. The number of hydrogen-bond donors (Lipinski definition) is 5. The number of likely N-dealkylation sites (tertiary alicyclic amines) is 2. The first-order valence-corrected chi connectivity index (χ1v) is 28.0. The number of aliphatic hydroxyl groups excluding tert-OH is 1. The van der Waals surface area contributed by atoms with E-state index in [-0.39, 0.29) is 96.5 Å². The maximum absolute atomic E-state index is 17.0. The van der Waals surface area contributed by atoms with Crippen LogP contribution >= 0.6 is 11.3 Å². The fraction of sp³-hybridized carbons (Fsp3) is 0.500. The van der Waals surface area contributed by atoms with Gasteiger partial charge in [-0.2, -0.15) is 9.97 Å². The van der Waals surface area contributed by atoms with Gasteiger partial charge in [0.25, 0.3) is 0 Å². The Hall–Kier alpha value is -6.45. The number of aromatic nitrogens is 4. The largest absolute Gasteiger partial charge is 0.508 e. The molecule has 78 heavy (non-hydrogen) atoms. The maximum Gasteiger partial charge on any atom is 0.319 e. The summed E-state index contributed by atoms with van der Waals surface area (Å²) in [5.74, 6) is -2.14. The fourth-order valence-electron chi connectivity index (χ4n) is 11.8. The number of piperazine rings is 1. The topological polar surface area (TPSA) is 208 Å². The molecule has 20 heteroatoms. The molecule has 3 aromatic carbocycles. The van der Waals surface area contributed by atoms with Crippen LogP contribution in [0.1, 0.15) is 96.9 Å². The third kappa shape index (κ3) is 11.6. The number of ether oxygens (including phenoxy) is 2. The lowest BCUT2D eigenvalue weighted by atomic mass is 9.85. The van der Waals surface area contributed by atoms with Crippen molar-refractivity contribution in [3.05, 3.63) is 89.2 Å². The highest BCUT2D eigenvalue weighted by molar-refractivity contribution is 7.13. The van der Waals surface area contributed by atoms with Gasteiger partial charge in [-0.05, 0) is 99.5 Å². The van der Waals surface area contributed by atoms with Crippen molar-refractivity contribution in [1.82, 2.24) is 45.7 Å². The number of carbonyl (C=O) groups is 3. The van der Waals surface area contributed by atoms with Crippen LogP contribution in [-0.4, -0.2) is 146 Å². The first-order chi connectivity index (χ1) is 37.3. The monoisotopic (exact) mass is 1090 g/mol. The molecule has 10 rings (SSSR count). The van der Waals surface area contributed by atoms with Crippen molar-refractivity contribution >= 4 is 56.6 Å². The molecule has 2 unspecified atom stereocenters. The number of hydrogen-bond acceptors (Lipinski definition) is 15. The third-order valence-electron chi connectivity index (χ3n) is 16.0. The molecular formula is C58H70F2N10O7S. The lowest BCUT2D eigenvalue weighted by Crippen LogP contribution is -2.58. The molecule has 0 saturated carbocycles. The number of fused-ring (bicyclic) bond motifs is 4. The Kier molecular flexibility index (Phi) is 16.0. The molecule has 3 aromatic heterocycles. The summed E-state index contributed by atoms with van der Waals surface area (Å²) in [6, 6.07) is 13.5. The van der Waals surface area contributed by atoms with Crippen LogP contribution in [0.25, 0.3) is 43.4 Å². The Morgan fingerprint density at radius 2 is 1.77 bits per heavy atom. The minimum absolute atomic E-state index is 0.00908. The number of pyridine rings is 1. The highest BCUT2D eigenvalue weighted by atomic mass is 32.1. The molecule has 17 nitrogen and oxygen atoms in total. The number of rotatable bonds is 18. The standard InChI is InChI=1S/C58H70F2N10O7S/c1-33(35-12-14-36(15-13-35)51-34(2)62-32-78-51)63-54(74)45-26-41(72)30-70(45)55(75)52(57(3,4)5)65-46(73)18-23-76-22-9-21-69-20-8-19-58(69,6)31-77-56-66-50-43(53(67-56)68-28-38-16-17-39(29-68)64-38)27-61-49(48(50)60)42-25-40(71)24-37-10-7-11-44(59)47(37)42/h7,10-15,24-25,27,32-33,38-39,41,45,52,64,71-72H,8-9,16-23,26,28-31H2,1-6H3,(H,63,74)(H,65,73)/t33-,38?,39?,41+,45-,52+,58-/m0/s1. The van der Waals surface area contributed by atoms with Gasteiger partial charge in [0.1, 0.15) is 47.3 Å². The van der Waals surface area contributed by atoms with E-state index in [2.05, 4.69) is 47.6 Å². The number of nitrogens with one attached hydrogen (secondary N) is 3. The van der Waals surface area contributed by atoms with Gasteiger partial charge in [0.15, 0.2) is 5.82 Å². The van der Waals surface area contributed by atoms with E-state index in [1.54, 1.807) is 17.4 Å². The molecule has 5 N–H and O–H groups in total. The number of aliphatic hydroxyl groups is 1. The van der Waals surface area contributed by atoms with E-state index in [9.17, 15) is 24.6 Å². The van der Waals surface area contributed by atoms with Gasteiger partial charge in [-0.25, -0.2) is 13.8 Å². The van der Waals surface area contributed by atoms with E-state index in [1.807, 2.05) is 64.4 Å². The average Bonchev–Trinajstić information content (AvgIpc) is 4.34. The van der Waals surface area contributed by atoms with Crippen LogP contribution in [0, 0.1) is 24.0 Å². The van der Waals surface area contributed by atoms with Gasteiger partial charge >= 0.3 is 6.01 Å². The van der Waals surface area contributed by atoms with Crippen LogP contribution in [0.2, 0.25) is 0 Å². The SMILES string of the molecule is Cc1ncsc1-c1ccc([C@H](C)NC(=O)[C@@H]2C[C@@H](O)CN2C(=O)[C@@H](NC(=O)CCOCCCN2CCC[C@@]2(C)COc2nc(N3CC4CCC(C3)N4)c3cnc(-c4cc(O)cc5cccc(F)c45)c(F)c3n2)C(C)(C)C)cc1. The zero-order valence-corrected chi connectivity index (χ0v) is 46.0. The molecule has 4 aliphatic heterocycles. The minimum atomic E-state index is -0.963. The predicted octanol–water partition coefficient (Wildman–Crippen LogP) is 7.60. The van der Waals surface area contributed by atoms with Crippen molar-refractivity contribution in [3.63, 3.8) is 0 Å². The number of thiazole rings is 1. The normalized spacial score (nSPS) is 22.3. The number of phenols is 1. The number of carbonyl (C=O) groups excluding carboxylic acids is 3. The summed E-state index contributed by atoms with van der Waals surface area (Å²) in [4.78, 5) is 66.9. The zero-order chi connectivity index (χ0) is 55.0. The first kappa shape index (κ1) is 54.9. The van der Waals surface area contributed by atoms with Crippen LogP contribution in [0.3, 0.4) is 0 Å². The van der Waals surface area contributed by atoms with Gasteiger partial charge in [-0.15, -0.1) is 11.3 Å². The molecule has 0 radical (unpaired) electrons. The smallest absolute Gasteiger partial charge is 0.319 e. The highest BCUT2D eigenvalue weighted by Gasteiger charge is 2.45. The van der Waals surface area contributed by atoms with E-state index < -0.39 is 46.7 Å². The molecule has 0 aliphatic carbocycles. The summed E-state index contributed by atoms with van der Waals surface area (Å²) in [6.45, 7) is 15.1. The lowest BCUT2D eigenvalue weighted by molar-refractivity contribution is -0.144. The molecule has 7 heterocycles. The van der Waals surface area contributed by atoms with Crippen LogP contribution in [-0.2, 0) is 19.1 Å². The molecule has 4 saturated heterocycles. The molecule has 4 fully saturated rings. The van der Waals surface area contributed by atoms with E-state index in [0.29, 0.717) is 49.3 Å². The van der Waals surface area contributed by atoms with Crippen LogP contribution in [0.5, 0.6) is 11.8 Å². The molecule has 6 aromatic rings. The quantitative estimate of drug-likeness (QED) is 0.0526. The predicted molar refractivity (Wildman–Crippen MR) is 295 cm³/mol. The Balaban J connectivity index is 0.735. The highest BCUT2D eigenvalue weighted by Crippen LogP contribution is 2.40. The summed E-state index contributed by atoms with van der Waals surface area (Å²) < 4.78 is 44.8. The van der Waals surface area contributed by atoms with Crippen molar-refractivity contribution in [2.24, 2.45) is 5.41 Å². The number of anilines is 1. The van der Waals surface area contributed by atoms with Crippen molar-refractivity contribution < 1.29 is 42.9 Å². The molecular weight excluding hydrogens is 1020 g/mol. The zero-order valence-electron chi connectivity index (χ0n) is 45.2. The number of aromatic hydroxyl groups is 1. The third-order valence-corrected chi connectivity index (χ3v) is 17.0. The number of benzene rings is 3. The van der Waals surface area contributed by atoms with E-state index in [1.165, 1.54) is 35.4 Å². The number of amides is 3. The fourth-order valence-corrected chi connectivity index (χ4v) is 12.6. The van der Waals surface area contributed by atoms with Gasteiger partial charge in [0.2, 0.25) is 17.7 Å². The minimum Gasteiger partial charge on any atom is -0.508 e. The Morgan fingerprint density at radius 1 is 1.00 bits per heavy atom. The van der Waals surface area contributed by atoms with Crippen LogP contribution < -0.4 is 25.6 Å². The van der Waals surface area contributed by atoms with E-state index in [0.717, 1.165) is 53.9 Å². The van der Waals surface area contributed by atoms with Crippen LogP contribution in [0.15, 0.2) is 66.3 Å². The van der Waals surface area contributed by atoms with Gasteiger partial charge < -0.3 is 45.4 Å². The van der Waals surface area contributed by atoms with Gasteiger partial charge in [-0.3, -0.25) is 24.3 Å². The lowest BCUT2D eigenvalue weighted by Gasteiger charge is -2.35. The van der Waals surface area contributed by atoms with Gasteiger partial charge in [0, 0.05) is 74.9 Å². The molecule has 4 aliphatic rings. The molecule has 3 amide bonds. The number of phenolic OH excluding ortho intramolecular Hbond substituents is 1. The van der Waals surface area contributed by atoms with Crippen LogP contribution in [0.4, 0.5) is 14.6 Å². The van der Waals surface area contributed by atoms with Crippen molar-refractivity contribution in [1.29, 1.82) is 0 Å². The number of aryl methyl sites for hydroxylation is 1. The van der Waals surface area contributed by atoms with E-state index in [4.69, 9.17) is 14.5 Å². The summed E-state index contributed by atoms with van der Waals surface area (Å²) >= 11 is 1.57.